The van der Waals surface area contributed by atoms with E-state index >= 15 is 0 Å². The van der Waals surface area contributed by atoms with Crippen molar-refractivity contribution in [3.63, 3.8) is 0 Å². The first-order valence-electron chi connectivity index (χ1n) is 9.33. The van der Waals surface area contributed by atoms with Crippen molar-refractivity contribution in [2.24, 2.45) is 17.0 Å². The van der Waals surface area contributed by atoms with Crippen LogP contribution in [0.25, 0.3) is 10.4 Å². The van der Waals surface area contributed by atoms with E-state index in [4.69, 9.17) is 20.1 Å². The predicted molar refractivity (Wildman–Crippen MR) is 97.5 cm³/mol. The van der Waals surface area contributed by atoms with Gasteiger partial charge in [0.25, 0.3) is 0 Å². The van der Waals surface area contributed by atoms with E-state index < -0.39 is 30.6 Å². The number of hydrogen-bond acceptors (Lipinski definition) is 7. The van der Waals surface area contributed by atoms with E-state index in [0.29, 0.717) is 18.4 Å². The Kier molecular flexibility index (Phi) is 10.6. The summed E-state index contributed by atoms with van der Waals surface area (Å²) in [5.74, 6) is 0.436. The fourth-order valence-electron chi connectivity index (χ4n) is 3.11. The first-order valence-corrected chi connectivity index (χ1v) is 9.33. The van der Waals surface area contributed by atoms with Gasteiger partial charge in [0.05, 0.1) is 12.6 Å². The van der Waals surface area contributed by atoms with Crippen LogP contribution in [0.15, 0.2) is 5.11 Å². The molecule has 7 unspecified atom stereocenters. The molecule has 1 saturated heterocycles. The molecule has 0 aromatic heterocycles. The van der Waals surface area contributed by atoms with Gasteiger partial charge in [-0.05, 0) is 36.6 Å². The van der Waals surface area contributed by atoms with Crippen LogP contribution in [0, 0.1) is 11.8 Å². The summed E-state index contributed by atoms with van der Waals surface area (Å²) in [6.45, 7) is 5.87. The molecule has 0 aromatic carbocycles. The van der Waals surface area contributed by atoms with E-state index in [2.05, 4.69) is 29.2 Å². The van der Waals surface area contributed by atoms with E-state index in [1.54, 1.807) is 0 Å². The van der Waals surface area contributed by atoms with E-state index in [1.165, 1.54) is 6.92 Å². The number of aliphatic hydroxyl groups is 3. The number of nitrogens with zero attached hydrogens (tertiary/aromatic N) is 3. The van der Waals surface area contributed by atoms with Crippen molar-refractivity contribution in [1.82, 2.24) is 5.32 Å². The highest BCUT2D eigenvalue weighted by atomic mass is 16.7. The Balaban J connectivity index is 2.62. The second-order valence-electron chi connectivity index (χ2n) is 7.14. The lowest BCUT2D eigenvalue weighted by Crippen LogP contribution is -2.64. The summed E-state index contributed by atoms with van der Waals surface area (Å²) < 4.78 is 11.4. The lowest BCUT2D eigenvalue weighted by Gasteiger charge is -2.42. The molecule has 1 aliphatic rings. The molecule has 1 heterocycles. The van der Waals surface area contributed by atoms with Crippen LogP contribution in [0.3, 0.4) is 0 Å². The molecule has 0 spiro atoms. The third-order valence-corrected chi connectivity index (χ3v) is 5.04. The topological polar surface area (TPSA) is 157 Å². The summed E-state index contributed by atoms with van der Waals surface area (Å²) in [7, 11) is 0. The minimum atomic E-state index is -1.31. The first-order chi connectivity index (χ1) is 12.8. The molecular weight excluding hydrogens is 356 g/mol. The Hall–Kier alpha value is -1.42. The van der Waals surface area contributed by atoms with Gasteiger partial charge in [-0.1, -0.05) is 19.0 Å². The van der Waals surface area contributed by atoms with E-state index in [-0.39, 0.29) is 19.1 Å². The molecule has 10 heteroatoms. The number of aliphatic hydroxyl groups excluding tert-OH is 3. The number of nitrogens with one attached hydrogen (secondary N) is 1. The fourth-order valence-corrected chi connectivity index (χ4v) is 3.11. The molecule has 0 aliphatic carbocycles. The van der Waals surface area contributed by atoms with Crippen molar-refractivity contribution in [1.29, 1.82) is 0 Å². The summed E-state index contributed by atoms with van der Waals surface area (Å²) in [4.78, 5) is 14.0. The SMILES string of the molecule is CC(=O)NC1C(OCCCC(C)C(C)CCO)OC(CN=[N+]=[N-])C(O)C1O. The van der Waals surface area contributed by atoms with Crippen LogP contribution in [-0.4, -0.2) is 71.6 Å². The van der Waals surface area contributed by atoms with Gasteiger partial charge in [-0.15, -0.1) is 0 Å². The molecule has 0 bridgehead atoms. The molecule has 1 fully saturated rings. The molecule has 27 heavy (non-hydrogen) atoms. The Labute approximate surface area is 159 Å². The first kappa shape index (κ1) is 23.6. The largest absolute Gasteiger partial charge is 0.396 e. The monoisotopic (exact) mass is 388 g/mol. The van der Waals surface area contributed by atoms with Gasteiger partial charge in [0.15, 0.2) is 6.29 Å². The Morgan fingerprint density at radius 3 is 2.56 bits per heavy atom. The Morgan fingerprint density at radius 2 is 1.96 bits per heavy atom. The molecule has 156 valence electrons. The Morgan fingerprint density at radius 1 is 1.30 bits per heavy atom. The lowest BCUT2D eigenvalue weighted by molar-refractivity contribution is -0.262. The number of azide groups is 1. The van der Waals surface area contributed by atoms with Crippen molar-refractivity contribution in [3.05, 3.63) is 10.4 Å². The number of carbonyl (C=O) groups is 1. The zero-order chi connectivity index (χ0) is 20.4. The smallest absolute Gasteiger partial charge is 0.217 e. The summed E-state index contributed by atoms with van der Waals surface area (Å²) in [5.41, 5.74) is 8.45. The molecule has 1 amide bonds. The maximum Gasteiger partial charge on any atom is 0.217 e. The number of amides is 1. The van der Waals surface area contributed by atoms with Crippen LogP contribution < -0.4 is 5.32 Å². The van der Waals surface area contributed by atoms with Crippen molar-refractivity contribution in [2.75, 3.05) is 19.8 Å². The maximum absolute atomic E-state index is 11.4. The summed E-state index contributed by atoms with van der Waals surface area (Å²) in [6.07, 6.45) is -2.12. The summed E-state index contributed by atoms with van der Waals surface area (Å²) >= 11 is 0. The number of carbonyl (C=O) groups excluding carboxylic acids is 1. The van der Waals surface area contributed by atoms with Gasteiger partial charge in [0.2, 0.25) is 5.91 Å². The van der Waals surface area contributed by atoms with Crippen LogP contribution in [-0.2, 0) is 14.3 Å². The molecule has 10 nitrogen and oxygen atoms in total. The molecule has 0 saturated carbocycles. The molecular formula is C17H32N4O6. The molecule has 0 aromatic rings. The van der Waals surface area contributed by atoms with Crippen LogP contribution >= 0.6 is 0 Å². The zero-order valence-electron chi connectivity index (χ0n) is 16.2. The van der Waals surface area contributed by atoms with Crippen molar-refractivity contribution in [3.8, 4) is 0 Å². The van der Waals surface area contributed by atoms with Crippen molar-refractivity contribution in [2.45, 2.75) is 70.7 Å². The second-order valence-corrected chi connectivity index (χ2v) is 7.14. The standard InChI is InChI=1S/C17H32N4O6/c1-10(11(2)6-7-22)5-4-8-26-17-14(20-12(3)23)16(25)15(24)13(27-17)9-19-21-18/h10-11,13-17,22,24-25H,4-9H2,1-3H3,(H,20,23). The van der Waals surface area contributed by atoms with Crippen molar-refractivity contribution < 1.29 is 29.6 Å². The summed E-state index contributed by atoms with van der Waals surface area (Å²) in [6, 6.07) is -0.925. The van der Waals surface area contributed by atoms with Crippen LogP contribution in [0.2, 0.25) is 0 Å². The Bertz CT molecular complexity index is 502. The third-order valence-electron chi connectivity index (χ3n) is 5.04. The average molecular weight is 388 g/mol. The second kappa shape index (κ2) is 12.1. The molecule has 7 atom stereocenters. The zero-order valence-corrected chi connectivity index (χ0v) is 16.2. The molecule has 1 aliphatic heterocycles. The van der Waals surface area contributed by atoms with Crippen LogP contribution in [0.4, 0.5) is 0 Å². The summed E-state index contributed by atoms with van der Waals surface area (Å²) in [5, 5.41) is 35.4. The predicted octanol–water partition coefficient (Wildman–Crippen LogP) is 0.699. The van der Waals surface area contributed by atoms with Gasteiger partial charge in [-0.25, -0.2) is 0 Å². The molecule has 4 N–H and O–H groups in total. The van der Waals surface area contributed by atoms with Gasteiger partial charge in [0, 0.05) is 25.0 Å². The van der Waals surface area contributed by atoms with Crippen LogP contribution in [0.5, 0.6) is 0 Å². The van der Waals surface area contributed by atoms with Crippen LogP contribution in [0.1, 0.15) is 40.0 Å². The molecule has 0 radical (unpaired) electrons. The van der Waals surface area contributed by atoms with Gasteiger partial charge < -0.3 is 30.1 Å². The fraction of sp³-hybridized carbons (Fsp3) is 0.941. The van der Waals surface area contributed by atoms with Gasteiger partial charge in [0.1, 0.15) is 18.2 Å². The highest BCUT2D eigenvalue weighted by Crippen LogP contribution is 2.24. The number of rotatable bonds is 11. The van der Waals surface area contributed by atoms with Gasteiger partial charge in [-0.2, -0.15) is 0 Å². The highest BCUT2D eigenvalue weighted by Gasteiger charge is 2.45. The quantitative estimate of drug-likeness (QED) is 0.177. The minimum Gasteiger partial charge on any atom is -0.396 e. The average Bonchev–Trinajstić information content (AvgIpc) is 2.62. The third kappa shape index (κ3) is 7.61. The van der Waals surface area contributed by atoms with E-state index in [0.717, 1.165) is 19.3 Å². The maximum atomic E-state index is 11.4. The van der Waals surface area contributed by atoms with Crippen molar-refractivity contribution >= 4 is 5.91 Å². The highest BCUT2D eigenvalue weighted by molar-refractivity contribution is 5.73. The minimum absolute atomic E-state index is 0.156. The van der Waals surface area contributed by atoms with Gasteiger partial charge in [-0.3, -0.25) is 4.79 Å². The van der Waals surface area contributed by atoms with E-state index in [9.17, 15) is 15.0 Å². The normalized spacial score (nSPS) is 30.2. The van der Waals surface area contributed by atoms with E-state index in [1.807, 2.05) is 0 Å². The van der Waals surface area contributed by atoms with Gasteiger partial charge >= 0.3 is 0 Å². The molecule has 1 rings (SSSR count). The lowest BCUT2D eigenvalue weighted by atomic mass is 9.89. The number of hydrogen-bond donors (Lipinski definition) is 4. The number of ether oxygens (including phenoxy) is 2.